The van der Waals surface area contributed by atoms with Crippen LogP contribution in [0.5, 0.6) is 0 Å². The van der Waals surface area contributed by atoms with Crippen LogP contribution in [0.2, 0.25) is 0 Å². The van der Waals surface area contributed by atoms with Crippen LogP contribution in [0.4, 0.5) is 0 Å². The first-order valence-electron chi connectivity index (χ1n) is 9.46. The second-order valence-electron chi connectivity index (χ2n) is 8.28. The van der Waals surface area contributed by atoms with Gasteiger partial charge < -0.3 is 10.6 Å². The molecule has 1 fully saturated rings. The van der Waals surface area contributed by atoms with Crippen molar-refractivity contribution in [3.05, 3.63) is 70.3 Å². The summed E-state index contributed by atoms with van der Waals surface area (Å²) in [6, 6.07) is 12.9. The van der Waals surface area contributed by atoms with Gasteiger partial charge in [0.25, 0.3) is 5.91 Å². The zero-order valence-electron chi connectivity index (χ0n) is 17.0. The molecule has 1 saturated heterocycles. The molecule has 3 rings (SSSR count). The van der Waals surface area contributed by atoms with Crippen LogP contribution < -0.4 is 5.73 Å². The fourth-order valence-corrected chi connectivity index (χ4v) is 3.62. The molecule has 5 heteroatoms. The van der Waals surface area contributed by atoms with Gasteiger partial charge in [-0.25, -0.2) is 0 Å². The Morgan fingerprint density at radius 1 is 1.04 bits per heavy atom. The number of piperidine rings is 1. The number of hydrogen-bond donors (Lipinski definition) is 1. The predicted octanol–water partition coefficient (Wildman–Crippen LogP) is 4.16. The normalized spacial score (nSPS) is 18.3. The Morgan fingerprint density at radius 3 is 2.29 bits per heavy atom. The molecule has 0 bridgehead atoms. The predicted molar refractivity (Wildman–Crippen MR) is 115 cm³/mol. The molecular formula is C23H29ClN2O2. The van der Waals surface area contributed by atoms with Crippen LogP contribution in [0.3, 0.4) is 0 Å². The van der Waals surface area contributed by atoms with Crippen LogP contribution in [-0.4, -0.2) is 35.7 Å². The van der Waals surface area contributed by atoms with E-state index in [4.69, 9.17) is 5.73 Å². The topological polar surface area (TPSA) is 63.4 Å². The molecule has 0 aliphatic carbocycles. The number of nitrogens with zero attached hydrogens (tertiary/aromatic N) is 1. The molecule has 2 aromatic rings. The summed E-state index contributed by atoms with van der Waals surface area (Å²) in [5.41, 5.74) is 9.80. The van der Waals surface area contributed by atoms with Gasteiger partial charge >= 0.3 is 0 Å². The van der Waals surface area contributed by atoms with E-state index in [2.05, 4.69) is 13.8 Å². The molecule has 0 aromatic heterocycles. The Labute approximate surface area is 173 Å². The first kappa shape index (κ1) is 22.1. The monoisotopic (exact) mass is 400 g/mol. The number of aryl methyl sites for hydroxylation is 2. The van der Waals surface area contributed by atoms with Crippen molar-refractivity contribution in [2.24, 2.45) is 11.1 Å². The van der Waals surface area contributed by atoms with E-state index in [1.54, 1.807) is 18.2 Å². The first-order chi connectivity index (χ1) is 12.7. The number of amides is 1. The van der Waals surface area contributed by atoms with Gasteiger partial charge in [-0.2, -0.15) is 0 Å². The lowest BCUT2D eigenvalue weighted by Crippen LogP contribution is -2.54. The van der Waals surface area contributed by atoms with Gasteiger partial charge in [0.05, 0.1) is 5.56 Å². The molecule has 0 radical (unpaired) electrons. The molecule has 0 saturated carbocycles. The highest BCUT2D eigenvalue weighted by Gasteiger charge is 2.36. The number of rotatable bonds is 3. The Morgan fingerprint density at radius 2 is 1.68 bits per heavy atom. The number of ketones is 1. The van der Waals surface area contributed by atoms with E-state index in [1.807, 2.05) is 43.0 Å². The third-order valence-electron chi connectivity index (χ3n) is 5.77. The van der Waals surface area contributed by atoms with Gasteiger partial charge in [-0.15, -0.1) is 12.4 Å². The lowest BCUT2D eigenvalue weighted by Gasteiger charge is -2.42. The molecule has 150 valence electrons. The number of benzene rings is 2. The van der Waals surface area contributed by atoms with Gasteiger partial charge in [-0.1, -0.05) is 44.2 Å². The largest absolute Gasteiger partial charge is 0.338 e. The molecule has 28 heavy (non-hydrogen) atoms. The molecular weight excluding hydrogens is 372 g/mol. The molecule has 0 spiro atoms. The maximum absolute atomic E-state index is 13.2. The van der Waals surface area contributed by atoms with Crippen molar-refractivity contribution in [1.29, 1.82) is 0 Å². The smallest absolute Gasteiger partial charge is 0.254 e. The van der Waals surface area contributed by atoms with Crippen molar-refractivity contribution in [2.75, 3.05) is 13.1 Å². The number of carbonyl (C=O) groups is 2. The van der Waals surface area contributed by atoms with E-state index in [-0.39, 0.29) is 35.6 Å². The minimum atomic E-state index is -0.138. The van der Waals surface area contributed by atoms with E-state index >= 15 is 0 Å². The quantitative estimate of drug-likeness (QED) is 0.787. The summed E-state index contributed by atoms with van der Waals surface area (Å²) in [6.45, 7) is 9.40. The minimum absolute atomic E-state index is 0. The molecule has 1 heterocycles. The molecule has 1 aliphatic rings. The Balaban J connectivity index is 0.00000280. The van der Waals surface area contributed by atoms with Crippen molar-refractivity contribution in [3.63, 3.8) is 0 Å². The molecule has 4 nitrogen and oxygen atoms in total. The van der Waals surface area contributed by atoms with Crippen LogP contribution in [0.25, 0.3) is 0 Å². The molecule has 1 aliphatic heterocycles. The van der Waals surface area contributed by atoms with E-state index in [0.717, 1.165) is 17.5 Å². The molecule has 1 unspecified atom stereocenters. The average molecular weight is 401 g/mol. The fourth-order valence-electron chi connectivity index (χ4n) is 3.62. The lowest BCUT2D eigenvalue weighted by atomic mass is 9.79. The van der Waals surface area contributed by atoms with Crippen molar-refractivity contribution in [1.82, 2.24) is 4.90 Å². The lowest BCUT2D eigenvalue weighted by molar-refractivity contribution is 0.0531. The summed E-state index contributed by atoms with van der Waals surface area (Å²) in [7, 11) is 0. The van der Waals surface area contributed by atoms with E-state index in [9.17, 15) is 9.59 Å². The summed E-state index contributed by atoms with van der Waals surface area (Å²) in [4.78, 5) is 28.1. The van der Waals surface area contributed by atoms with Crippen LogP contribution in [0.15, 0.2) is 42.5 Å². The number of halogens is 1. The summed E-state index contributed by atoms with van der Waals surface area (Å²) in [5.74, 6) is -0.210. The second kappa shape index (κ2) is 8.46. The average Bonchev–Trinajstić information content (AvgIpc) is 2.65. The highest BCUT2D eigenvalue weighted by molar-refractivity contribution is 6.15. The van der Waals surface area contributed by atoms with Crippen molar-refractivity contribution >= 4 is 24.1 Å². The summed E-state index contributed by atoms with van der Waals surface area (Å²) in [6.07, 6.45) is 0.770. The van der Waals surface area contributed by atoms with Gasteiger partial charge in [-0.3, -0.25) is 9.59 Å². The zero-order chi connectivity index (χ0) is 19.8. The van der Waals surface area contributed by atoms with Crippen LogP contribution >= 0.6 is 12.4 Å². The highest BCUT2D eigenvalue weighted by atomic mass is 35.5. The second-order valence-corrected chi connectivity index (χ2v) is 8.28. The first-order valence-corrected chi connectivity index (χ1v) is 9.46. The highest BCUT2D eigenvalue weighted by Crippen LogP contribution is 2.29. The number of carbonyl (C=O) groups excluding carboxylic acids is 2. The zero-order valence-corrected chi connectivity index (χ0v) is 17.8. The van der Waals surface area contributed by atoms with Crippen LogP contribution in [0, 0.1) is 19.3 Å². The van der Waals surface area contributed by atoms with E-state index in [1.165, 1.54) is 0 Å². The Hall–Kier alpha value is -2.17. The number of nitrogens with two attached hydrogens (primary N) is 1. The number of hydrogen-bond acceptors (Lipinski definition) is 3. The van der Waals surface area contributed by atoms with Crippen LogP contribution in [0.1, 0.15) is 57.7 Å². The van der Waals surface area contributed by atoms with Gasteiger partial charge in [0.2, 0.25) is 0 Å². The summed E-state index contributed by atoms with van der Waals surface area (Å²) >= 11 is 0. The number of likely N-dealkylation sites (tertiary alicyclic amines) is 1. The SMILES string of the molecule is Cc1ccc(C(=O)c2ccccc2C(=O)N2CCC(N)C(C)(C)C2)cc1C.Cl. The maximum atomic E-state index is 13.2. The third kappa shape index (κ3) is 4.29. The maximum Gasteiger partial charge on any atom is 0.254 e. The van der Waals surface area contributed by atoms with E-state index in [0.29, 0.717) is 29.8 Å². The molecule has 2 N–H and O–H groups in total. The minimum Gasteiger partial charge on any atom is -0.338 e. The fraction of sp³-hybridized carbons (Fsp3) is 0.391. The van der Waals surface area contributed by atoms with Crippen molar-refractivity contribution in [3.8, 4) is 0 Å². The molecule has 1 atom stereocenters. The summed E-state index contributed by atoms with van der Waals surface area (Å²) in [5, 5.41) is 0. The Bertz CT molecular complexity index is 892. The third-order valence-corrected chi connectivity index (χ3v) is 5.77. The van der Waals surface area contributed by atoms with Gasteiger partial charge in [0.15, 0.2) is 5.78 Å². The van der Waals surface area contributed by atoms with Gasteiger partial charge in [-0.05, 0) is 48.9 Å². The summed E-state index contributed by atoms with van der Waals surface area (Å²) < 4.78 is 0. The van der Waals surface area contributed by atoms with Crippen LogP contribution in [-0.2, 0) is 0 Å². The van der Waals surface area contributed by atoms with Gasteiger partial charge in [0, 0.05) is 30.3 Å². The molecule has 1 amide bonds. The van der Waals surface area contributed by atoms with Gasteiger partial charge in [0.1, 0.15) is 0 Å². The Kier molecular flexibility index (Phi) is 6.68. The van der Waals surface area contributed by atoms with E-state index < -0.39 is 0 Å². The van der Waals surface area contributed by atoms with Crippen molar-refractivity contribution < 1.29 is 9.59 Å². The standard InChI is InChI=1S/C23H28N2O2.ClH/c1-15-9-10-17(13-16(15)2)21(26)18-7-5-6-8-19(18)22(27)25-12-11-20(24)23(3,4)14-25;/h5-10,13,20H,11-12,14,24H2,1-4H3;1H. The van der Waals surface area contributed by atoms with Crippen molar-refractivity contribution in [2.45, 2.75) is 40.2 Å². The molecule has 2 aromatic carbocycles.